The van der Waals surface area contributed by atoms with Crippen molar-refractivity contribution in [2.45, 2.75) is 38.3 Å². The lowest BCUT2D eigenvalue weighted by Crippen LogP contribution is -2.38. The summed E-state index contributed by atoms with van der Waals surface area (Å²) in [6.07, 6.45) is 1.63. The van der Waals surface area contributed by atoms with Crippen LogP contribution in [0.3, 0.4) is 0 Å². The molecule has 0 saturated carbocycles. The first-order valence-corrected chi connectivity index (χ1v) is 11.9. The fraction of sp³-hybridized carbons (Fsp3) is 0.296. The number of carbonyl (C=O) groups excluding carboxylic acids is 1. The van der Waals surface area contributed by atoms with Crippen molar-refractivity contribution in [1.82, 2.24) is 10.3 Å². The van der Waals surface area contributed by atoms with Gasteiger partial charge in [-0.05, 0) is 60.4 Å². The number of halogens is 2. The van der Waals surface area contributed by atoms with E-state index < -0.39 is 36.0 Å². The van der Waals surface area contributed by atoms with Crippen molar-refractivity contribution in [3.8, 4) is 0 Å². The van der Waals surface area contributed by atoms with Crippen molar-refractivity contribution in [2.75, 3.05) is 23.3 Å². The van der Waals surface area contributed by atoms with Crippen LogP contribution < -0.4 is 15.5 Å². The lowest BCUT2D eigenvalue weighted by Gasteiger charge is -2.32. The van der Waals surface area contributed by atoms with Crippen LogP contribution in [0, 0.1) is 11.6 Å². The van der Waals surface area contributed by atoms with Gasteiger partial charge >= 0.3 is 5.97 Å². The first-order valence-electron chi connectivity index (χ1n) is 11.9. The molecule has 3 N–H and O–H groups in total. The highest BCUT2D eigenvalue weighted by Crippen LogP contribution is 2.31. The van der Waals surface area contributed by atoms with Crippen LogP contribution in [0.15, 0.2) is 60.7 Å². The number of pyridine rings is 1. The molecule has 3 aromatic rings. The maximum absolute atomic E-state index is 14.1. The molecule has 1 aliphatic heterocycles. The number of hydrogen-bond donors (Lipinski definition) is 3. The molecule has 0 bridgehead atoms. The van der Waals surface area contributed by atoms with Gasteiger partial charge in [-0.15, -0.1) is 0 Å². The van der Waals surface area contributed by atoms with Crippen LogP contribution in [-0.4, -0.2) is 35.1 Å². The number of carboxylic acid groups (broad SMARTS) is 1. The number of benzene rings is 2. The largest absolute Gasteiger partial charge is 0.481 e. The van der Waals surface area contributed by atoms with E-state index >= 15 is 0 Å². The molecule has 2 heterocycles. The van der Waals surface area contributed by atoms with Crippen LogP contribution in [0.4, 0.5) is 20.3 Å². The van der Waals surface area contributed by atoms with Gasteiger partial charge in [0.15, 0.2) is 0 Å². The Kier molecular flexibility index (Phi) is 8.22. The number of aromatic nitrogens is 1. The van der Waals surface area contributed by atoms with E-state index in [1.807, 2.05) is 6.07 Å². The maximum atomic E-state index is 14.1. The van der Waals surface area contributed by atoms with Gasteiger partial charge in [0.1, 0.15) is 17.5 Å². The highest BCUT2D eigenvalue weighted by molar-refractivity contribution is 5.95. The molecule has 0 saturated heterocycles. The fourth-order valence-corrected chi connectivity index (χ4v) is 4.36. The summed E-state index contributed by atoms with van der Waals surface area (Å²) in [6.45, 7) is 1.63. The number of rotatable bonds is 10. The Morgan fingerprint density at radius 1 is 1.08 bits per heavy atom. The zero-order valence-electron chi connectivity index (χ0n) is 19.7. The van der Waals surface area contributed by atoms with Crippen molar-refractivity contribution >= 4 is 23.4 Å². The monoisotopic (exact) mass is 494 g/mol. The number of aryl methyl sites for hydroxylation is 1. The lowest BCUT2D eigenvalue weighted by atomic mass is 10.00. The smallest absolute Gasteiger partial charge is 0.305 e. The molecule has 0 unspecified atom stereocenters. The Morgan fingerprint density at radius 3 is 2.61 bits per heavy atom. The summed E-state index contributed by atoms with van der Waals surface area (Å²) in [5, 5.41) is 16.0. The third-order valence-corrected chi connectivity index (χ3v) is 6.04. The number of amides is 1. The van der Waals surface area contributed by atoms with Crippen molar-refractivity contribution in [2.24, 2.45) is 0 Å². The van der Waals surface area contributed by atoms with Crippen LogP contribution in [0.1, 0.15) is 42.1 Å². The number of aliphatic carboxylic acids is 1. The molecular weight excluding hydrogens is 466 g/mol. The minimum absolute atomic E-state index is 0.0190. The number of anilines is 2. The maximum Gasteiger partial charge on any atom is 0.305 e. The van der Waals surface area contributed by atoms with E-state index in [0.29, 0.717) is 18.7 Å². The van der Waals surface area contributed by atoms with Crippen molar-refractivity contribution < 1.29 is 23.5 Å². The molecule has 0 radical (unpaired) electrons. The summed E-state index contributed by atoms with van der Waals surface area (Å²) in [4.78, 5) is 30.9. The predicted molar refractivity (Wildman–Crippen MR) is 133 cm³/mol. The molecule has 4 rings (SSSR count). The predicted octanol–water partition coefficient (Wildman–Crippen LogP) is 4.45. The Morgan fingerprint density at radius 2 is 1.86 bits per heavy atom. The SMILES string of the molecule is O=C(O)C[C@@H](c1cccc(F)c1)N(C(=O)CCNCc1ccc2c(n1)NCCC2)c1cccc(F)c1. The second-order valence-corrected chi connectivity index (χ2v) is 8.68. The van der Waals surface area contributed by atoms with E-state index in [4.69, 9.17) is 0 Å². The van der Waals surface area contributed by atoms with Crippen LogP contribution in [-0.2, 0) is 22.6 Å². The van der Waals surface area contributed by atoms with E-state index in [2.05, 4.69) is 21.7 Å². The van der Waals surface area contributed by atoms with E-state index in [-0.39, 0.29) is 12.1 Å². The minimum atomic E-state index is -1.16. The third-order valence-electron chi connectivity index (χ3n) is 6.04. The van der Waals surface area contributed by atoms with Crippen LogP contribution in [0.2, 0.25) is 0 Å². The molecule has 7 nitrogen and oxygen atoms in total. The summed E-state index contributed by atoms with van der Waals surface area (Å²) in [6, 6.07) is 13.8. The number of carboxylic acids is 1. The minimum Gasteiger partial charge on any atom is -0.481 e. The molecule has 1 atom stereocenters. The second-order valence-electron chi connectivity index (χ2n) is 8.68. The molecule has 1 amide bonds. The van der Waals surface area contributed by atoms with Gasteiger partial charge in [-0.1, -0.05) is 24.3 Å². The first-order chi connectivity index (χ1) is 17.4. The molecule has 1 aliphatic rings. The topological polar surface area (TPSA) is 94.6 Å². The molecule has 36 heavy (non-hydrogen) atoms. The summed E-state index contributed by atoms with van der Waals surface area (Å²) in [5.41, 5.74) is 2.54. The van der Waals surface area contributed by atoms with Gasteiger partial charge in [0.05, 0.1) is 18.2 Å². The molecule has 0 spiro atoms. The number of fused-ring (bicyclic) bond motifs is 1. The molecular formula is C27H28F2N4O3. The van der Waals surface area contributed by atoms with E-state index in [1.165, 1.54) is 52.9 Å². The summed E-state index contributed by atoms with van der Waals surface area (Å²) >= 11 is 0. The fourth-order valence-electron chi connectivity index (χ4n) is 4.36. The van der Waals surface area contributed by atoms with E-state index in [0.717, 1.165) is 30.9 Å². The Hall–Kier alpha value is -3.85. The van der Waals surface area contributed by atoms with Gasteiger partial charge in [-0.2, -0.15) is 0 Å². The van der Waals surface area contributed by atoms with Crippen molar-refractivity contribution in [3.63, 3.8) is 0 Å². The van der Waals surface area contributed by atoms with Gasteiger partial charge in [-0.3, -0.25) is 9.59 Å². The summed E-state index contributed by atoms with van der Waals surface area (Å²) in [7, 11) is 0. The number of nitrogens with one attached hydrogen (secondary N) is 2. The normalized spacial score (nSPS) is 13.4. The lowest BCUT2D eigenvalue weighted by molar-refractivity contribution is -0.137. The molecule has 2 aromatic carbocycles. The molecule has 1 aromatic heterocycles. The summed E-state index contributed by atoms with van der Waals surface area (Å²) < 4.78 is 28.0. The highest BCUT2D eigenvalue weighted by Gasteiger charge is 2.29. The van der Waals surface area contributed by atoms with Crippen LogP contribution >= 0.6 is 0 Å². The number of nitrogens with zero attached hydrogens (tertiary/aromatic N) is 2. The number of carbonyl (C=O) groups is 2. The standard InChI is InChI=1S/C27H28F2N4O3/c28-20-6-1-4-19(14-20)24(16-26(35)36)33(23-8-2-7-21(29)15-23)25(34)11-13-30-17-22-10-9-18-5-3-12-31-27(18)32-22/h1-2,4,6-10,14-15,24,30H,3,5,11-13,16-17H2,(H,31,32)(H,35,36)/t24-/m0/s1. The Labute approximate surface area is 208 Å². The average Bonchev–Trinajstić information content (AvgIpc) is 2.86. The summed E-state index contributed by atoms with van der Waals surface area (Å²) in [5.74, 6) is -1.81. The quantitative estimate of drug-likeness (QED) is 0.361. The molecule has 9 heteroatoms. The van der Waals surface area contributed by atoms with Crippen LogP contribution in [0.25, 0.3) is 0 Å². The second kappa shape index (κ2) is 11.7. The first kappa shape index (κ1) is 25.2. The highest BCUT2D eigenvalue weighted by atomic mass is 19.1. The van der Waals surface area contributed by atoms with Crippen molar-refractivity contribution in [3.05, 3.63) is 89.1 Å². The van der Waals surface area contributed by atoms with Gasteiger partial charge in [0.2, 0.25) is 5.91 Å². The Balaban J connectivity index is 1.50. The van der Waals surface area contributed by atoms with Crippen LogP contribution in [0.5, 0.6) is 0 Å². The number of hydrogen-bond acceptors (Lipinski definition) is 5. The molecule has 188 valence electrons. The van der Waals surface area contributed by atoms with Gasteiger partial charge < -0.3 is 20.6 Å². The van der Waals surface area contributed by atoms with Crippen molar-refractivity contribution in [1.29, 1.82) is 0 Å². The molecule has 0 aliphatic carbocycles. The average molecular weight is 495 g/mol. The van der Waals surface area contributed by atoms with Gasteiger partial charge in [0.25, 0.3) is 0 Å². The molecule has 0 fully saturated rings. The zero-order chi connectivity index (χ0) is 25.5. The van der Waals surface area contributed by atoms with E-state index in [1.54, 1.807) is 6.07 Å². The van der Waals surface area contributed by atoms with E-state index in [9.17, 15) is 23.5 Å². The van der Waals surface area contributed by atoms with Gasteiger partial charge in [0, 0.05) is 31.7 Å². The Bertz CT molecular complexity index is 1240. The van der Waals surface area contributed by atoms with Gasteiger partial charge in [-0.25, -0.2) is 13.8 Å². The zero-order valence-corrected chi connectivity index (χ0v) is 19.7. The third kappa shape index (κ3) is 6.42.